The van der Waals surface area contributed by atoms with Gasteiger partial charge in [-0.3, -0.25) is 24.5 Å². The number of nitrogens with one attached hydrogen (secondary N) is 1. The van der Waals surface area contributed by atoms with Gasteiger partial charge >= 0.3 is 0 Å². The van der Waals surface area contributed by atoms with Crippen LogP contribution in [0.15, 0.2) is 24.3 Å². The summed E-state index contributed by atoms with van der Waals surface area (Å²) in [5.41, 5.74) is 2.07. The van der Waals surface area contributed by atoms with Gasteiger partial charge in [0.05, 0.1) is 11.1 Å². The van der Waals surface area contributed by atoms with Crippen molar-refractivity contribution in [3.63, 3.8) is 0 Å². The van der Waals surface area contributed by atoms with E-state index in [2.05, 4.69) is 0 Å². The van der Waals surface area contributed by atoms with Gasteiger partial charge in [-0.1, -0.05) is 26.0 Å². The van der Waals surface area contributed by atoms with Crippen LogP contribution in [0.25, 0.3) is 0 Å². The molecule has 1 aliphatic rings. The number of benzene rings is 1. The van der Waals surface area contributed by atoms with E-state index in [1.807, 2.05) is 0 Å². The zero-order valence-electron chi connectivity index (χ0n) is 10.6. The SMILES string of the molecule is CC(C)[C@H](C(=O)NO)N1C(=O)c2ccccc2C1=O. The van der Waals surface area contributed by atoms with Crippen LogP contribution in [0.5, 0.6) is 0 Å². The average Bonchev–Trinajstić information content (AvgIpc) is 2.64. The third-order valence-corrected chi connectivity index (χ3v) is 3.11. The topological polar surface area (TPSA) is 86.7 Å². The van der Waals surface area contributed by atoms with Crippen molar-refractivity contribution in [3.8, 4) is 0 Å². The predicted molar refractivity (Wildman–Crippen MR) is 65.5 cm³/mol. The highest BCUT2D eigenvalue weighted by molar-refractivity contribution is 6.22. The van der Waals surface area contributed by atoms with Gasteiger partial charge in [0.15, 0.2) is 0 Å². The van der Waals surface area contributed by atoms with Gasteiger partial charge in [0.2, 0.25) is 0 Å². The van der Waals surface area contributed by atoms with Gasteiger partial charge < -0.3 is 0 Å². The number of fused-ring (bicyclic) bond motifs is 1. The monoisotopic (exact) mass is 262 g/mol. The van der Waals surface area contributed by atoms with E-state index in [0.29, 0.717) is 0 Å². The highest BCUT2D eigenvalue weighted by Crippen LogP contribution is 2.26. The Labute approximate surface area is 110 Å². The molecule has 0 aromatic heterocycles. The van der Waals surface area contributed by atoms with Gasteiger partial charge in [0.1, 0.15) is 6.04 Å². The van der Waals surface area contributed by atoms with E-state index in [9.17, 15) is 14.4 Å². The summed E-state index contributed by atoms with van der Waals surface area (Å²) < 4.78 is 0. The Morgan fingerprint density at radius 3 is 2.00 bits per heavy atom. The molecule has 0 aliphatic carbocycles. The summed E-state index contributed by atoms with van der Waals surface area (Å²) in [5.74, 6) is -2.11. The quantitative estimate of drug-likeness (QED) is 0.479. The minimum absolute atomic E-state index is 0.281. The lowest BCUT2D eigenvalue weighted by molar-refractivity contribution is -0.134. The number of imide groups is 1. The fourth-order valence-corrected chi connectivity index (χ4v) is 2.24. The summed E-state index contributed by atoms with van der Waals surface area (Å²) in [6.45, 7) is 3.40. The van der Waals surface area contributed by atoms with Crippen LogP contribution < -0.4 is 5.48 Å². The number of hydrogen-bond donors (Lipinski definition) is 2. The third-order valence-electron chi connectivity index (χ3n) is 3.11. The van der Waals surface area contributed by atoms with Crippen molar-refractivity contribution in [2.24, 2.45) is 5.92 Å². The van der Waals surface area contributed by atoms with Gasteiger partial charge in [-0.05, 0) is 18.1 Å². The molecule has 1 aromatic carbocycles. The van der Waals surface area contributed by atoms with E-state index in [0.717, 1.165) is 4.90 Å². The van der Waals surface area contributed by atoms with Crippen LogP contribution in [0.1, 0.15) is 34.6 Å². The Hall–Kier alpha value is -2.21. The van der Waals surface area contributed by atoms with Crippen molar-refractivity contribution in [1.29, 1.82) is 0 Å². The van der Waals surface area contributed by atoms with Crippen molar-refractivity contribution in [1.82, 2.24) is 10.4 Å². The summed E-state index contributed by atoms with van der Waals surface area (Å²) in [4.78, 5) is 37.0. The first kappa shape index (κ1) is 13.2. The molecular weight excluding hydrogens is 248 g/mol. The number of amides is 3. The van der Waals surface area contributed by atoms with Crippen LogP contribution in [-0.4, -0.2) is 33.9 Å². The van der Waals surface area contributed by atoms with Gasteiger partial charge in [0, 0.05) is 0 Å². The fourth-order valence-electron chi connectivity index (χ4n) is 2.24. The second-order valence-corrected chi connectivity index (χ2v) is 4.69. The first-order chi connectivity index (χ1) is 8.99. The average molecular weight is 262 g/mol. The van der Waals surface area contributed by atoms with E-state index in [-0.39, 0.29) is 17.0 Å². The number of rotatable bonds is 3. The first-order valence-electron chi connectivity index (χ1n) is 5.90. The van der Waals surface area contributed by atoms with Crippen LogP contribution in [0.3, 0.4) is 0 Å². The molecule has 0 saturated heterocycles. The van der Waals surface area contributed by atoms with Crippen molar-refractivity contribution < 1.29 is 19.6 Å². The maximum atomic E-state index is 12.2. The second kappa shape index (κ2) is 4.81. The summed E-state index contributed by atoms with van der Waals surface area (Å²) in [6.07, 6.45) is 0. The standard InChI is InChI=1S/C13H14N2O4/c1-7(2)10(11(16)14-19)15-12(17)8-5-3-4-6-9(8)13(15)18/h3-7,10,19H,1-2H3,(H,14,16)/t10-/m1/s1. The molecule has 6 heteroatoms. The lowest BCUT2D eigenvalue weighted by Gasteiger charge is -2.27. The molecule has 6 nitrogen and oxygen atoms in total. The molecule has 0 spiro atoms. The predicted octanol–water partition coefficient (Wildman–Crippen LogP) is 0.813. The fraction of sp³-hybridized carbons (Fsp3) is 0.308. The van der Waals surface area contributed by atoms with E-state index < -0.39 is 23.8 Å². The molecule has 19 heavy (non-hydrogen) atoms. The summed E-state index contributed by atoms with van der Waals surface area (Å²) in [5, 5.41) is 8.76. The zero-order valence-corrected chi connectivity index (χ0v) is 10.6. The molecule has 0 radical (unpaired) electrons. The normalized spacial score (nSPS) is 15.7. The van der Waals surface area contributed by atoms with Gasteiger partial charge in [-0.2, -0.15) is 0 Å². The molecule has 2 rings (SSSR count). The van der Waals surface area contributed by atoms with Crippen LogP contribution in [0.4, 0.5) is 0 Å². The number of nitrogens with zero attached hydrogens (tertiary/aromatic N) is 1. The van der Waals surface area contributed by atoms with Gasteiger partial charge in [0.25, 0.3) is 17.7 Å². The Morgan fingerprint density at radius 2 is 1.63 bits per heavy atom. The van der Waals surface area contributed by atoms with Gasteiger partial charge in [-0.15, -0.1) is 0 Å². The van der Waals surface area contributed by atoms with Gasteiger partial charge in [-0.25, -0.2) is 5.48 Å². The van der Waals surface area contributed by atoms with Crippen molar-refractivity contribution in [3.05, 3.63) is 35.4 Å². The molecular formula is C13H14N2O4. The highest BCUT2D eigenvalue weighted by atomic mass is 16.5. The van der Waals surface area contributed by atoms with Crippen molar-refractivity contribution in [2.75, 3.05) is 0 Å². The Morgan fingerprint density at radius 1 is 1.16 bits per heavy atom. The molecule has 1 aliphatic heterocycles. The minimum atomic E-state index is -1.03. The number of hydroxylamine groups is 1. The zero-order chi connectivity index (χ0) is 14.2. The largest absolute Gasteiger partial charge is 0.289 e. The van der Waals surface area contributed by atoms with E-state index in [4.69, 9.17) is 5.21 Å². The van der Waals surface area contributed by atoms with Crippen LogP contribution in [-0.2, 0) is 4.79 Å². The van der Waals surface area contributed by atoms with Crippen molar-refractivity contribution in [2.45, 2.75) is 19.9 Å². The molecule has 0 bridgehead atoms. The summed E-state index contributed by atoms with van der Waals surface area (Å²) >= 11 is 0. The Kier molecular flexibility index (Phi) is 3.35. The summed E-state index contributed by atoms with van der Waals surface area (Å²) in [6, 6.07) is 5.37. The Balaban J connectivity index is 2.45. The smallest absolute Gasteiger partial charge is 0.266 e. The number of carbonyl (C=O) groups is 3. The highest BCUT2D eigenvalue weighted by Gasteiger charge is 2.43. The lowest BCUT2D eigenvalue weighted by Crippen LogP contribution is -2.51. The third kappa shape index (κ3) is 2.00. The summed E-state index contributed by atoms with van der Waals surface area (Å²) in [7, 11) is 0. The van der Waals surface area contributed by atoms with E-state index in [1.54, 1.807) is 38.1 Å². The Bertz CT molecular complexity index is 518. The molecule has 1 aromatic rings. The first-order valence-corrected chi connectivity index (χ1v) is 5.90. The lowest BCUT2D eigenvalue weighted by atomic mass is 10.0. The molecule has 0 fully saturated rings. The van der Waals surface area contributed by atoms with E-state index in [1.165, 1.54) is 5.48 Å². The molecule has 0 saturated carbocycles. The van der Waals surface area contributed by atoms with Crippen LogP contribution in [0, 0.1) is 5.92 Å². The maximum Gasteiger partial charge on any atom is 0.266 e. The molecule has 100 valence electrons. The molecule has 2 N–H and O–H groups in total. The van der Waals surface area contributed by atoms with Crippen molar-refractivity contribution >= 4 is 17.7 Å². The molecule has 0 unspecified atom stereocenters. The second-order valence-electron chi connectivity index (χ2n) is 4.69. The molecule has 1 heterocycles. The minimum Gasteiger partial charge on any atom is -0.289 e. The molecule has 3 amide bonds. The van der Waals surface area contributed by atoms with Crippen LogP contribution in [0.2, 0.25) is 0 Å². The molecule has 1 atom stereocenters. The maximum absolute atomic E-state index is 12.2. The number of hydrogen-bond acceptors (Lipinski definition) is 4. The van der Waals surface area contributed by atoms with Crippen LogP contribution >= 0.6 is 0 Å². The van der Waals surface area contributed by atoms with E-state index >= 15 is 0 Å². The number of carbonyl (C=O) groups excluding carboxylic acids is 3.